The van der Waals surface area contributed by atoms with Crippen molar-refractivity contribution in [2.24, 2.45) is 0 Å². The summed E-state index contributed by atoms with van der Waals surface area (Å²) in [5.74, 6) is 0.712. The van der Waals surface area contributed by atoms with Gasteiger partial charge >= 0.3 is 5.97 Å². The molecule has 0 fully saturated rings. The summed E-state index contributed by atoms with van der Waals surface area (Å²) in [6.07, 6.45) is 1.97. The number of hydrogen-bond acceptors (Lipinski definition) is 5. The van der Waals surface area contributed by atoms with Gasteiger partial charge in [-0.05, 0) is 26.0 Å². The van der Waals surface area contributed by atoms with Crippen molar-refractivity contribution in [2.45, 2.75) is 39.5 Å². The molecule has 0 aliphatic carbocycles. The molecule has 1 aliphatic heterocycles. The molecule has 0 saturated heterocycles. The van der Waals surface area contributed by atoms with E-state index in [1.54, 1.807) is 0 Å². The number of aromatic nitrogens is 5. The fourth-order valence-corrected chi connectivity index (χ4v) is 3.34. The van der Waals surface area contributed by atoms with Crippen LogP contribution in [0.1, 0.15) is 22.9 Å². The van der Waals surface area contributed by atoms with Crippen molar-refractivity contribution in [1.82, 2.24) is 29.4 Å². The summed E-state index contributed by atoms with van der Waals surface area (Å²) in [5.41, 5.74) is 2.87. The molecule has 0 saturated carbocycles. The molecule has 0 bridgehead atoms. The Labute approximate surface area is 150 Å². The molecule has 1 aliphatic rings. The third kappa shape index (κ3) is 2.88. The monoisotopic (exact) mass is 352 g/mol. The second-order valence-corrected chi connectivity index (χ2v) is 6.55. The van der Waals surface area contributed by atoms with E-state index in [1.165, 1.54) is 0 Å². The van der Waals surface area contributed by atoms with Crippen LogP contribution in [0.4, 0.5) is 0 Å². The molecule has 3 aromatic rings. The van der Waals surface area contributed by atoms with E-state index in [9.17, 15) is 9.90 Å². The van der Waals surface area contributed by atoms with Crippen LogP contribution in [0, 0.1) is 13.8 Å². The molecule has 0 amide bonds. The van der Waals surface area contributed by atoms with Crippen LogP contribution in [0.5, 0.6) is 0 Å². The summed E-state index contributed by atoms with van der Waals surface area (Å²) in [5, 5.41) is 22.5. The van der Waals surface area contributed by atoms with E-state index in [-0.39, 0.29) is 0 Å². The van der Waals surface area contributed by atoms with E-state index in [4.69, 9.17) is 0 Å². The summed E-state index contributed by atoms with van der Waals surface area (Å²) in [6.45, 7) is 5.10. The zero-order chi connectivity index (χ0) is 18.3. The number of fused-ring (bicyclic) bond motifs is 1. The molecule has 8 heteroatoms. The molecule has 2 aromatic heterocycles. The molecule has 0 spiro atoms. The highest BCUT2D eigenvalue weighted by Crippen LogP contribution is 2.22. The average Bonchev–Trinajstić information content (AvgIpc) is 3.18. The van der Waals surface area contributed by atoms with Gasteiger partial charge in [-0.25, -0.2) is 4.68 Å². The number of benzene rings is 1. The minimum Gasteiger partial charge on any atom is -0.480 e. The van der Waals surface area contributed by atoms with Crippen LogP contribution in [-0.2, 0) is 24.4 Å². The van der Waals surface area contributed by atoms with Crippen molar-refractivity contribution in [3.05, 3.63) is 59.4 Å². The zero-order valence-corrected chi connectivity index (χ0v) is 14.7. The minimum atomic E-state index is -0.836. The fraction of sp³-hybridized carbons (Fsp3) is 0.333. The normalized spacial score (nSPS) is 17.2. The number of aliphatic carboxylic acids is 1. The summed E-state index contributed by atoms with van der Waals surface area (Å²) in [4.78, 5) is 13.7. The Kier molecular flexibility index (Phi) is 4.04. The lowest BCUT2D eigenvalue weighted by molar-refractivity contribution is -0.145. The number of carbonyl (C=O) groups is 1. The smallest absolute Gasteiger partial charge is 0.322 e. The van der Waals surface area contributed by atoms with Crippen LogP contribution in [0.3, 0.4) is 0 Å². The largest absolute Gasteiger partial charge is 0.480 e. The summed E-state index contributed by atoms with van der Waals surface area (Å²) in [6, 6.07) is 9.25. The van der Waals surface area contributed by atoms with Crippen LogP contribution < -0.4 is 0 Å². The summed E-state index contributed by atoms with van der Waals surface area (Å²) in [7, 11) is 0. The highest BCUT2D eigenvalue weighted by Gasteiger charge is 2.33. The van der Waals surface area contributed by atoms with Crippen LogP contribution in [0.2, 0.25) is 0 Å². The first-order chi connectivity index (χ1) is 12.5. The van der Waals surface area contributed by atoms with Gasteiger partial charge in [0.05, 0.1) is 24.5 Å². The van der Waals surface area contributed by atoms with Crippen LogP contribution in [0.15, 0.2) is 36.5 Å². The Morgan fingerprint density at radius 1 is 1.23 bits per heavy atom. The molecular weight excluding hydrogens is 332 g/mol. The van der Waals surface area contributed by atoms with E-state index >= 15 is 0 Å². The molecule has 1 N–H and O–H groups in total. The van der Waals surface area contributed by atoms with Crippen molar-refractivity contribution in [2.75, 3.05) is 0 Å². The van der Waals surface area contributed by atoms with E-state index in [0.29, 0.717) is 19.6 Å². The third-order valence-corrected chi connectivity index (χ3v) is 4.83. The van der Waals surface area contributed by atoms with Gasteiger partial charge in [-0.2, -0.15) is 5.10 Å². The molecule has 1 atom stereocenters. The standard InChI is InChI=1S/C18H20N6O2/c1-12-14(9-24(21-12)15-6-4-3-5-7-15)8-22-11-17-20-19-13(2)23(17)10-16(22)18(25)26/h3-7,9,16H,8,10-11H2,1-2H3,(H,25,26). The van der Waals surface area contributed by atoms with Crippen LogP contribution >= 0.6 is 0 Å². The maximum absolute atomic E-state index is 11.8. The van der Waals surface area contributed by atoms with Crippen molar-refractivity contribution in [3.8, 4) is 5.69 Å². The van der Waals surface area contributed by atoms with Gasteiger partial charge in [0.1, 0.15) is 17.7 Å². The lowest BCUT2D eigenvalue weighted by atomic mass is 10.1. The van der Waals surface area contributed by atoms with E-state index in [2.05, 4.69) is 15.3 Å². The van der Waals surface area contributed by atoms with E-state index in [0.717, 1.165) is 28.6 Å². The predicted molar refractivity (Wildman–Crippen MR) is 93.7 cm³/mol. The number of nitrogens with zero attached hydrogens (tertiary/aromatic N) is 6. The van der Waals surface area contributed by atoms with Crippen LogP contribution in [0.25, 0.3) is 5.69 Å². The SMILES string of the molecule is Cc1nn(-c2ccccc2)cc1CN1Cc2nnc(C)n2CC1C(=O)O. The van der Waals surface area contributed by atoms with Gasteiger partial charge in [0.25, 0.3) is 0 Å². The first-order valence-electron chi connectivity index (χ1n) is 8.49. The van der Waals surface area contributed by atoms with Gasteiger partial charge in [-0.15, -0.1) is 10.2 Å². The Hall–Kier alpha value is -3.00. The Morgan fingerprint density at radius 3 is 2.73 bits per heavy atom. The lowest BCUT2D eigenvalue weighted by Crippen LogP contribution is -2.47. The van der Waals surface area contributed by atoms with E-state index in [1.807, 2.05) is 64.5 Å². The molecule has 3 heterocycles. The van der Waals surface area contributed by atoms with Crippen molar-refractivity contribution < 1.29 is 9.90 Å². The second kappa shape index (κ2) is 6.38. The van der Waals surface area contributed by atoms with Gasteiger partial charge in [0, 0.05) is 18.3 Å². The lowest BCUT2D eigenvalue weighted by Gasteiger charge is -2.33. The van der Waals surface area contributed by atoms with Gasteiger partial charge in [-0.1, -0.05) is 18.2 Å². The average molecular weight is 352 g/mol. The summed E-state index contributed by atoms with van der Waals surface area (Å²) >= 11 is 0. The molecule has 1 aromatic carbocycles. The van der Waals surface area contributed by atoms with Crippen LogP contribution in [-0.4, -0.2) is 46.6 Å². The molecule has 26 heavy (non-hydrogen) atoms. The van der Waals surface area contributed by atoms with E-state index < -0.39 is 12.0 Å². The van der Waals surface area contributed by atoms with Gasteiger partial charge < -0.3 is 9.67 Å². The van der Waals surface area contributed by atoms with Crippen molar-refractivity contribution >= 4 is 5.97 Å². The zero-order valence-electron chi connectivity index (χ0n) is 14.7. The maximum atomic E-state index is 11.8. The Bertz CT molecular complexity index is 946. The number of rotatable bonds is 4. The molecule has 134 valence electrons. The second-order valence-electron chi connectivity index (χ2n) is 6.55. The molecule has 0 radical (unpaired) electrons. The van der Waals surface area contributed by atoms with Gasteiger partial charge in [-0.3, -0.25) is 9.69 Å². The van der Waals surface area contributed by atoms with Gasteiger partial charge in [0.15, 0.2) is 0 Å². The molecule has 4 rings (SSSR count). The predicted octanol–water partition coefficient (Wildman–Crippen LogP) is 1.55. The Morgan fingerprint density at radius 2 is 2.00 bits per heavy atom. The number of carboxylic acids is 1. The number of carboxylic acid groups (broad SMARTS) is 1. The molecular formula is C18H20N6O2. The third-order valence-electron chi connectivity index (χ3n) is 4.83. The minimum absolute atomic E-state index is 0.357. The molecule has 1 unspecified atom stereocenters. The van der Waals surface area contributed by atoms with Gasteiger partial charge in [0.2, 0.25) is 0 Å². The topological polar surface area (TPSA) is 89.1 Å². The quantitative estimate of drug-likeness (QED) is 0.766. The maximum Gasteiger partial charge on any atom is 0.322 e. The first kappa shape index (κ1) is 16.5. The Balaban J connectivity index is 1.62. The first-order valence-corrected chi connectivity index (χ1v) is 8.49. The highest BCUT2D eigenvalue weighted by molar-refractivity contribution is 5.73. The van der Waals surface area contributed by atoms with Crippen molar-refractivity contribution in [3.63, 3.8) is 0 Å². The molecule has 8 nitrogen and oxygen atoms in total. The number of hydrogen-bond donors (Lipinski definition) is 1. The fourth-order valence-electron chi connectivity index (χ4n) is 3.34. The number of aryl methyl sites for hydroxylation is 2. The summed E-state index contributed by atoms with van der Waals surface area (Å²) < 4.78 is 3.71. The highest BCUT2D eigenvalue weighted by atomic mass is 16.4. The number of para-hydroxylation sites is 1. The van der Waals surface area contributed by atoms with Crippen molar-refractivity contribution in [1.29, 1.82) is 0 Å².